The molecule has 100 valence electrons. The van der Waals surface area contributed by atoms with Crippen molar-refractivity contribution in [2.24, 2.45) is 5.73 Å². The van der Waals surface area contributed by atoms with Gasteiger partial charge in [0.15, 0.2) is 0 Å². The van der Waals surface area contributed by atoms with Crippen LogP contribution in [0.4, 0.5) is 0 Å². The molecule has 0 saturated carbocycles. The number of nitrogens with two attached hydrogens (primary N) is 1. The van der Waals surface area contributed by atoms with Crippen molar-refractivity contribution in [3.8, 4) is 0 Å². The fourth-order valence-electron chi connectivity index (χ4n) is 1.16. The normalized spacial score (nSPS) is 10.2. The summed E-state index contributed by atoms with van der Waals surface area (Å²) in [5.41, 5.74) is 5.37. The highest BCUT2D eigenvalue weighted by Crippen LogP contribution is 1.95. The van der Waals surface area contributed by atoms with E-state index in [-0.39, 0.29) is 5.91 Å². The second kappa shape index (κ2) is 10.4. The van der Waals surface area contributed by atoms with E-state index in [9.17, 15) is 4.79 Å². The Balaban J connectivity index is 3.47. The molecular formula is C11H22N2O3S. The summed E-state index contributed by atoms with van der Waals surface area (Å²) in [6.45, 7) is 2.32. The first kappa shape index (κ1) is 16.3. The number of nitrogens with zero attached hydrogens (tertiary/aromatic N) is 1. The number of amides is 1. The quantitative estimate of drug-likeness (QED) is 0.460. The molecule has 6 heteroatoms. The summed E-state index contributed by atoms with van der Waals surface area (Å²) < 4.78 is 10.2. The SMILES string of the molecule is COCCCOCCC(=O)N(C)CCC(N)=S. The van der Waals surface area contributed by atoms with Crippen molar-refractivity contribution in [1.29, 1.82) is 0 Å². The highest BCUT2D eigenvalue weighted by atomic mass is 32.1. The number of rotatable bonds is 10. The molecule has 0 aromatic heterocycles. The molecule has 0 bridgehead atoms. The summed E-state index contributed by atoms with van der Waals surface area (Å²) in [5, 5.41) is 0. The maximum Gasteiger partial charge on any atom is 0.224 e. The molecule has 0 aliphatic carbocycles. The summed E-state index contributed by atoms with van der Waals surface area (Å²) in [6, 6.07) is 0. The van der Waals surface area contributed by atoms with Gasteiger partial charge in [0.1, 0.15) is 0 Å². The Labute approximate surface area is 108 Å². The largest absolute Gasteiger partial charge is 0.393 e. The van der Waals surface area contributed by atoms with Gasteiger partial charge in [-0.05, 0) is 6.42 Å². The van der Waals surface area contributed by atoms with E-state index >= 15 is 0 Å². The van der Waals surface area contributed by atoms with E-state index in [1.54, 1.807) is 19.1 Å². The number of hydrogen-bond acceptors (Lipinski definition) is 4. The molecule has 0 aliphatic rings. The van der Waals surface area contributed by atoms with Gasteiger partial charge in [-0.2, -0.15) is 0 Å². The summed E-state index contributed by atoms with van der Waals surface area (Å²) >= 11 is 4.75. The molecule has 0 heterocycles. The zero-order chi connectivity index (χ0) is 13.1. The minimum absolute atomic E-state index is 0.0491. The van der Waals surface area contributed by atoms with Gasteiger partial charge in [0, 0.05) is 40.3 Å². The van der Waals surface area contributed by atoms with E-state index in [0.29, 0.717) is 44.2 Å². The van der Waals surface area contributed by atoms with Crippen LogP contribution in [-0.2, 0) is 14.3 Å². The predicted octanol–water partition coefficient (Wildman–Crippen LogP) is 0.564. The third-order valence-corrected chi connectivity index (χ3v) is 2.42. The Morgan fingerprint density at radius 2 is 2.00 bits per heavy atom. The van der Waals surface area contributed by atoms with Gasteiger partial charge in [-0.1, -0.05) is 12.2 Å². The van der Waals surface area contributed by atoms with Crippen LogP contribution in [0.15, 0.2) is 0 Å². The van der Waals surface area contributed by atoms with Crippen molar-refractivity contribution in [2.45, 2.75) is 19.3 Å². The van der Waals surface area contributed by atoms with Crippen molar-refractivity contribution < 1.29 is 14.3 Å². The summed E-state index contributed by atoms with van der Waals surface area (Å²) in [4.78, 5) is 13.6. The van der Waals surface area contributed by atoms with Crippen LogP contribution >= 0.6 is 12.2 Å². The van der Waals surface area contributed by atoms with Gasteiger partial charge in [-0.3, -0.25) is 4.79 Å². The molecule has 0 aromatic rings. The Morgan fingerprint density at radius 3 is 2.59 bits per heavy atom. The van der Waals surface area contributed by atoms with E-state index < -0.39 is 0 Å². The van der Waals surface area contributed by atoms with Gasteiger partial charge in [0.05, 0.1) is 18.0 Å². The first-order valence-electron chi connectivity index (χ1n) is 5.67. The number of hydrogen-bond donors (Lipinski definition) is 1. The fourth-order valence-corrected chi connectivity index (χ4v) is 1.25. The average Bonchev–Trinajstić information content (AvgIpc) is 2.30. The molecule has 0 aliphatic heterocycles. The maximum atomic E-state index is 11.6. The van der Waals surface area contributed by atoms with Crippen LogP contribution in [0, 0.1) is 0 Å². The van der Waals surface area contributed by atoms with Gasteiger partial charge >= 0.3 is 0 Å². The lowest BCUT2D eigenvalue weighted by Gasteiger charge is -2.16. The molecule has 0 fully saturated rings. The van der Waals surface area contributed by atoms with E-state index in [1.807, 2.05) is 0 Å². The van der Waals surface area contributed by atoms with E-state index in [2.05, 4.69) is 0 Å². The zero-order valence-electron chi connectivity index (χ0n) is 10.6. The second-order valence-electron chi connectivity index (χ2n) is 3.74. The standard InChI is InChI=1S/C11H22N2O3S/c1-13(6-4-10(12)17)11(14)5-9-16-8-3-7-15-2/h3-9H2,1-2H3,(H2,12,17). The smallest absolute Gasteiger partial charge is 0.224 e. The molecule has 1 amide bonds. The van der Waals surface area contributed by atoms with Gasteiger partial charge in [0.25, 0.3) is 0 Å². The molecule has 2 N–H and O–H groups in total. The van der Waals surface area contributed by atoms with Crippen molar-refractivity contribution in [1.82, 2.24) is 4.90 Å². The summed E-state index contributed by atoms with van der Waals surface area (Å²) in [6.07, 6.45) is 1.80. The number of methoxy groups -OCH3 is 1. The molecule has 0 aromatic carbocycles. The lowest BCUT2D eigenvalue weighted by Crippen LogP contribution is -2.30. The van der Waals surface area contributed by atoms with Gasteiger partial charge in [-0.15, -0.1) is 0 Å². The van der Waals surface area contributed by atoms with Crippen LogP contribution in [0.3, 0.4) is 0 Å². The number of ether oxygens (including phenoxy) is 2. The van der Waals surface area contributed by atoms with Crippen LogP contribution in [0.2, 0.25) is 0 Å². The Bertz CT molecular complexity index is 237. The monoisotopic (exact) mass is 262 g/mol. The average molecular weight is 262 g/mol. The van der Waals surface area contributed by atoms with Crippen LogP contribution in [0.25, 0.3) is 0 Å². The Hall–Kier alpha value is -0.720. The second-order valence-corrected chi connectivity index (χ2v) is 4.26. The van der Waals surface area contributed by atoms with Crippen LogP contribution in [-0.4, -0.2) is 56.3 Å². The van der Waals surface area contributed by atoms with Crippen molar-refractivity contribution in [3.05, 3.63) is 0 Å². The highest BCUT2D eigenvalue weighted by molar-refractivity contribution is 7.80. The fraction of sp³-hybridized carbons (Fsp3) is 0.818. The summed E-state index contributed by atoms with van der Waals surface area (Å²) in [5.74, 6) is 0.0491. The van der Waals surface area contributed by atoms with Gasteiger partial charge in [-0.25, -0.2) is 0 Å². The number of carbonyl (C=O) groups is 1. The lowest BCUT2D eigenvalue weighted by atomic mass is 10.3. The van der Waals surface area contributed by atoms with Crippen LogP contribution in [0.5, 0.6) is 0 Å². The number of thiocarbonyl (C=S) groups is 1. The molecule has 0 rings (SSSR count). The molecule has 0 spiro atoms. The van der Waals surface area contributed by atoms with Gasteiger partial charge in [0.2, 0.25) is 5.91 Å². The molecule has 0 saturated heterocycles. The van der Waals surface area contributed by atoms with Gasteiger partial charge < -0.3 is 20.1 Å². The molecule has 0 atom stereocenters. The minimum atomic E-state index is 0.0491. The topological polar surface area (TPSA) is 64.8 Å². The maximum absolute atomic E-state index is 11.6. The van der Waals surface area contributed by atoms with E-state index in [0.717, 1.165) is 6.42 Å². The third kappa shape index (κ3) is 10.2. The van der Waals surface area contributed by atoms with Crippen molar-refractivity contribution in [2.75, 3.05) is 40.5 Å². The lowest BCUT2D eigenvalue weighted by molar-refractivity contribution is -0.130. The first-order valence-corrected chi connectivity index (χ1v) is 6.07. The highest BCUT2D eigenvalue weighted by Gasteiger charge is 2.08. The van der Waals surface area contributed by atoms with E-state index in [4.69, 9.17) is 27.4 Å². The number of carbonyl (C=O) groups excluding carboxylic acids is 1. The molecule has 0 unspecified atom stereocenters. The Kier molecular flexibility index (Phi) is 9.99. The molecular weight excluding hydrogens is 240 g/mol. The van der Waals surface area contributed by atoms with Crippen LogP contribution < -0.4 is 5.73 Å². The third-order valence-electron chi connectivity index (χ3n) is 2.22. The summed E-state index contributed by atoms with van der Waals surface area (Å²) in [7, 11) is 3.39. The molecule has 5 nitrogen and oxygen atoms in total. The first-order chi connectivity index (χ1) is 8.07. The molecule has 17 heavy (non-hydrogen) atoms. The molecule has 0 radical (unpaired) electrons. The van der Waals surface area contributed by atoms with Crippen molar-refractivity contribution in [3.63, 3.8) is 0 Å². The Morgan fingerprint density at radius 1 is 1.29 bits per heavy atom. The van der Waals surface area contributed by atoms with Crippen molar-refractivity contribution >= 4 is 23.1 Å². The predicted molar refractivity (Wildman–Crippen MR) is 71.0 cm³/mol. The van der Waals surface area contributed by atoms with Crippen LogP contribution in [0.1, 0.15) is 19.3 Å². The van der Waals surface area contributed by atoms with E-state index in [1.165, 1.54) is 0 Å². The zero-order valence-corrected chi connectivity index (χ0v) is 11.4. The minimum Gasteiger partial charge on any atom is -0.393 e.